The second-order valence-electron chi connectivity index (χ2n) is 10.2. The lowest BCUT2D eigenvalue weighted by atomic mass is 10.2. The Bertz CT molecular complexity index is 1010. The Labute approximate surface area is 197 Å². The van der Waals surface area contributed by atoms with Gasteiger partial charge in [-0.05, 0) is 85.2 Å². The molecule has 9 nitrogen and oxygen atoms in total. The van der Waals surface area contributed by atoms with Gasteiger partial charge in [0.05, 0.1) is 9.99 Å². The first-order valence-electron chi connectivity index (χ1n) is 10.2. The molecule has 0 aliphatic heterocycles. The lowest BCUT2D eigenvalue weighted by molar-refractivity contribution is 0.0429. The Balaban J connectivity index is 2.83. The van der Waals surface area contributed by atoms with Crippen molar-refractivity contribution >= 4 is 44.8 Å². The third kappa shape index (κ3) is 6.75. The molecule has 0 aliphatic rings. The van der Waals surface area contributed by atoms with E-state index in [1.807, 2.05) is 20.8 Å². The van der Waals surface area contributed by atoms with E-state index >= 15 is 0 Å². The summed E-state index contributed by atoms with van der Waals surface area (Å²) in [4.78, 5) is 40.3. The normalized spacial score (nSPS) is 12.5. The Kier molecular flexibility index (Phi) is 7.09. The van der Waals surface area contributed by atoms with Crippen LogP contribution < -0.4 is 9.64 Å². The number of carbonyl (C=O) groups excluding carboxylic acids is 2. The van der Waals surface area contributed by atoms with Gasteiger partial charge in [-0.25, -0.2) is 19.6 Å². The number of imide groups is 1. The van der Waals surface area contributed by atoms with Crippen molar-refractivity contribution in [3.63, 3.8) is 0 Å². The summed E-state index contributed by atoms with van der Waals surface area (Å²) >= 11 is 3.44. The number of aromatic nitrogens is 3. The molecule has 2 heterocycles. The van der Waals surface area contributed by atoms with E-state index in [4.69, 9.17) is 14.2 Å². The van der Waals surface area contributed by atoms with Crippen molar-refractivity contribution in [3.05, 3.63) is 16.5 Å². The van der Waals surface area contributed by atoms with Crippen molar-refractivity contribution in [1.29, 1.82) is 0 Å². The number of aryl methyl sites for hydroxylation is 1. The summed E-state index contributed by atoms with van der Waals surface area (Å²) < 4.78 is 17.6. The molecule has 176 valence electrons. The molecule has 2 aromatic heterocycles. The number of anilines is 1. The SMILES string of the molecule is Cc1nc(OC(C)(C)C)c2c(N(C(=O)OC(C)(C)C)C(=O)OC(C)(C)C)ncc(Br)c2n1. The van der Waals surface area contributed by atoms with Gasteiger partial charge in [0, 0.05) is 6.20 Å². The van der Waals surface area contributed by atoms with Crippen LogP contribution in [0.4, 0.5) is 15.4 Å². The topological polar surface area (TPSA) is 104 Å². The molecular weight excluding hydrogens is 480 g/mol. The Morgan fingerprint density at radius 2 is 1.38 bits per heavy atom. The van der Waals surface area contributed by atoms with E-state index < -0.39 is 29.0 Å². The molecule has 0 saturated carbocycles. The van der Waals surface area contributed by atoms with Crippen molar-refractivity contribution in [3.8, 4) is 5.88 Å². The summed E-state index contributed by atoms with van der Waals surface area (Å²) in [6.45, 7) is 17.5. The zero-order chi connectivity index (χ0) is 24.6. The monoisotopic (exact) mass is 510 g/mol. The molecule has 32 heavy (non-hydrogen) atoms. The average molecular weight is 511 g/mol. The number of fused-ring (bicyclic) bond motifs is 1. The van der Waals surface area contributed by atoms with Gasteiger partial charge in [0.15, 0.2) is 5.82 Å². The first-order valence-corrected chi connectivity index (χ1v) is 11.0. The highest BCUT2D eigenvalue weighted by Gasteiger charge is 2.36. The molecule has 0 fully saturated rings. The highest BCUT2D eigenvalue weighted by Crippen LogP contribution is 2.37. The average Bonchev–Trinajstić information content (AvgIpc) is 2.52. The van der Waals surface area contributed by atoms with Crippen molar-refractivity contribution in [2.75, 3.05) is 4.90 Å². The lowest BCUT2D eigenvalue weighted by Gasteiger charge is -2.29. The first kappa shape index (κ1) is 25.8. The van der Waals surface area contributed by atoms with Gasteiger partial charge in [-0.2, -0.15) is 9.88 Å². The van der Waals surface area contributed by atoms with Crippen LogP contribution in [0.5, 0.6) is 5.88 Å². The summed E-state index contributed by atoms with van der Waals surface area (Å²) in [5.74, 6) is 0.586. The molecule has 0 aliphatic carbocycles. The number of rotatable bonds is 2. The van der Waals surface area contributed by atoms with E-state index in [1.165, 1.54) is 6.20 Å². The van der Waals surface area contributed by atoms with Crippen LogP contribution in [-0.2, 0) is 9.47 Å². The maximum atomic E-state index is 13.1. The molecule has 2 rings (SSSR count). The van der Waals surface area contributed by atoms with Crippen LogP contribution in [0.25, 0.3) is 10.9 Å². The summed E-state index contributed by atoms with van der Waals surface area (Å²) in [7, 11) is 0. The van der Waals surface area contributed by atoms with Gasteiger partial charge in [0.2, 0.25) is 5.88 Å². The van der Waals surface area contributed by atoms with Gasteiger partial charge in [-0.1, -0.05) is 0 Å². The van der Waals surface area contributed by atoms with Gasteiger partial charge in [-0.3, -0.25) is 0 Å². The maximum Gasteiger partial charge on any atom is 0.425 e. The van der Waals surface area contributed by atoms with Crippen LogP contribution in [0.2, 0.25) is 0 Å². The molecule has 10 heteroatoms. The number of hydrogen-bond donors (Lipinski definition) is 0. The second-order valence-corrected chi connectivity index (χ2v) is 11.1. The zero-order valence-electron chi connectivity index (χ0n) is 20.3. The molecule has 0 bridgehead atoms. The van der Waals surface area contributed by atoms with Crippen LogP contribution in [0.1, 0.15) is 68.1 Å². The molecule has 0 saturated heterocycles. The van der Waals surface area contributed by atoms with E-state index in [2.05, 4.69) is 30.9 Å². The molecule has 0 aromatic carbocycles. The standard InChI is InChI=1S/C22H31BrN4O5/c1-12-25-15-13(23)11-24-16(14(15)17(26-12)30-20(2,3)4)27(18(28)31-21(5,6)7)19(29)32-22(8,9)10/h11H,1-10H3. The lowest BCUT2D eigenvalue weighted by Crippen LogP contribution is -2.44. The predicted octanol–water partition coefficient (Wildman–Crippen LogP) is 5.95. The van der Waals surface area contributed by atoms with Crippen LogP contribution in [0, 0.1) is 6.92 Å². The van der Waals surface area contributed by atoms with E-state index in [9.17, 15) is 9.59 Å². The molecule has 0 atom stereocenters. The summed E-state index contributed by atoms with van der Waals surface area (Å²) in [5, 5.41) is 0.275. The van der Waals surface area contributed by atoms with Crippen LogP contribution in [0.3, 0.4) is 0 Å². The van der Waals surface area contributed by atoms with Gasteiger partial charge in [0.25, 0.3) is 0 Å². The minimum atomic E-state index is -0.940. The largest absolute Gasteiger partial charge is 0.471 e. The number of nitrogens with zero attached hydrogens (tertiary/aromatic N) is 4. The van der Waals surface area contributed by atoms with E-state index in [1.54, 1.807) is 48.5 Å². The smallest absolute Gasteiger partial charge is 0.425 e. The van der Waals surface area contributed by atoms with Gasteiger partial charge < -0.3 is 14.2 Å². The molecule has 0 unspecified atom stereocenters. The fourth-order valence-corrected chi connectivity index (χ4v) is 2.95. The van der Waals surface area contributed by atoms with Crippen molar-refractivity contribution in [2.45, 2.75) is 86.0 Å². The predicted molar refractivity (Wildman–Crippen MR) is 125 cm³/mol. The van der Waals surface area contributed by atoms with Gasteiger partial charge in [-0.15, -0.1) is 0 Å². The van der Waals surface area contributed by atoms with Crippen LogP contribution in [-0.4, -0.2) is 43.9 Å². The third-order valence-electron chi connectivity index (χ3n) is 3.50. The number of amides is 2. The molecule has 0 spiro atoms. The highest BCUT2D eigenvalue weighted by molar-refractivity contribution is 9.10. The number of halogens is 1. The number of pyridine rings is 1. The molecule has 2 aromatic rings. The van der Waals surface area contributed by atoms with Crippen molar-refractivity contribution < 1.29 is 23.8 Å². The Morgan fingerprint density at radius 1 is 0.875 bits per heavy atom. The first-order chi connectivity index (χ1) is 14.4. The zero-order valence-corrected chi connectivity index (χ0v) is 21.9. The van der Waals surface area contributed by atoms with Crippen molar-refractivity contribution in [1.82, 2.24) is 15.0 Å². The number of hydrogen-bond acceptors (Lipinski definition) is 8. The van der Waals surface area contributed by atoms with E-state index in [-0.39, 0.29) is 17.1 Å². The Hall–Kier alpha value is -2.49. The Morgan fingerprint density at radius 3 is 1.81 bits per heavy atom. The van der Waals surface area contributed by atoms with E-state index in [0.29, 0.717) is 15.8 Å². The minimum Gasteiger partial charge on any atom is -0.471 e. The molecule has 0 N–H and O–H groups in total. The molecule has 0 radical (unpaired) electrons. The number of carbonyl (C=O) groups is 2. The van der Waals surface area contributed by atoms with Crippen LogP contribution >= 0.6 is 15.9 Å². The van der Waals surface area contributed by atoms with Crippen LogP contribution in [0.15, 0.2) is 10.7 Å². The van der Waals surface area contributed by atoms with Gasteiger partial charge in [0.1, 0.15) is 28.0 Å². The summed E-state index contributed by atoms with van der Waals surface area (Å²) in [5.41, 5.74) is -1.91. The highest BCUT2D eigenvalue weighted by atomic mass is 79.9. The quantitative estimate of drug-likeness (QED) is 0.487. The van der Waals surface area contributed by atoms with Gasteiger partial charge >= 0.3 is 12.2 Å². The summed E-state index contributed by atoms with van der Waals surface area (Å²) in [6, 6.07) is 0. The number of ether oxygens (including phenoxy) is 3. The second kappa shape index (κ2) is 8.80. The fourth-order valence-electron chi connectivity index (χ4n) is 2.56. The molecular formula is C22H31BrN4O5. The van der Waals surface area contributed by atoms with E-state index in [0.717, 1.165) is 4.90 Å². The molecule has 2 amide bonds. The van der Waals surface area contributed by atoms with Crippen molar-refractivity contribution in [2.24, 2.45) is 0 Å². The minimum absolute atomic E-state index is 0.0500. The fraction of sp³-hybridized carbons (Fsp3) is 0.591. The summed E-state index contributed by atoms with van der Waals surface area (Å²) in [6.07, 6.45) is -0.428. The third-order valence-corrected chi connectivity index (χ3v) is 4.08. The maximum absolute atomic E-state index is 13.1.